The van der Waals surface area contributed by atoms with E-state index in [9.17, 15) is 24.4 Å². The van der Waals surface area contributed by atoms with Gasteiger partial charge in [0.25, 0.3) is 5.91 Å². The average Bonchev–Trinajstić information content (AvgIpc) is 3.08. The molecule has 0 spiro atoms. The molecular formula is C25H32N3O9P. The highest BCUT2D eigenvalue weighted by Gasteiger charge is 2.58. The maximum atomic E-state index is 13.9. The molecule has 4 N–H and O–H groups in total. The van der Waals surface area contributed by atoms with Gasteiger partial charge in [0, 0.05) is 12.3 Å². The first kappa shape index (κ1) is 29.4. The highest BCUT2D eigenvalue weighted by molar-refractivity contribution is 7.52. The Bertz CT molecular complexity index is 1180. The number of esters is 1. The molecule has 2 aliphatic rings. The Kier molecular flexibility index (Phi) is 8.73. The average molecular weight is 550 g/mol. The minimum atomic E-state index is -4.34. The summed E-state index contributed by atoms with van der Waals surface area (Å²) in [6.45, 7) is 9.35. The van der Waals surface area contributed by atoms with Gasteiger partial charge in [-0.05, 0) is 39.8 Å². The van der Waals surface area contributed by atoms with Crippen molar-refractivity contribution in [1.29, 1.82) is 0 Å². The lowest BCUT2D eigenvalue weighted by molar-refractivity contribution is -0.153. The van der Waals surface area contributed by atoms with Crippen LogP contribution in [0.2, 0.25) is 0 Å². The molecule has 1 saturated heterocycles. The minimum absolute atomic E-state index is 0.0510. The second kappa shape index (κ2) is 11.3. The molecule has 1 aromatic carbocycles. The van der Waals surface area contributed by atoms with E-state index >= 15 is 0 Å². The molecule has 38 heavy (non-hydrogen) atoms. The largest absolute Gasteiger partial charge is 0.462 e. The van der Waals surface area contributed by atoms with Crippen molar-refractivity contribution in [3.63, 3.8) is 0 Å². The van der Waals surface area contributed by atoms with E-state index in [-0.39, 0.29) is 11.6 Å². The van der Waals surface area contributed by atoms with E-state index in [1.807, 2.05) is 0 Å². The summed E-state index contributed by atoms with van der Waals surface area (Å²) in [7, 11) is -4.34. The normalized spacial score (nSPS) is 27.0. The Morgan fingerprint density at radius 2 is 2.05 bits per heavy atom. The third kappa shape index (κ3) is 6.45. The molecule has 0 aromatic heterocycles. The van der Waals surface area contributed by atoms with E-state index < -0.39 is 61.9 Å². The Labute approximate surface area is 221 Å². The first-order valence-electron chi connectivity index (χ1n) is 11.7. The number of hydrogen-bond acceptors (Lipinski definition) is 10. The van der Waals surface area contributed by atoms with Gasteiger partial charge in [-0.1, -0.05) is 30.7 Å². The van der Waals surface area contributed by atoms with Crippen LogP contribution in [0.3, 0.4) is 0 Å². The number of benzene rings is 1. The monoisotopic (exact) mass is 549 g/mol. The van der Waals surface area contributed by atoms with E-state index in [1.54, 1.807) is 32.0 Å². The van der Waals surface area contributed by atoms with Gasteiger partial charge in [0.1, 0.15) is 29.3 Å². The molecule has 0 saturated carbocycles. The molecule has 5 atom stereocenters. The third-order valence-corrected chi connectivity index (χ3v) is 7.35. The van der Waals surface area contributed by atoms with Gasteiger partial charge >= 0.3 is 13.7 Å². The van der Waals surface area contributed by atoms with Gasteiger partial charge in [0.05, 0.1) is 12.7 Å². The molecule has 12 nitrogen and oxygen atoms in total. The second-order valence-electron chi connectivity index (χ2n) is 9.49. The van der Waals surface area contributed by atoms with Gasteiger partial charge in [-0.3, -0.25) is 14.1 Å². The first-order chi connectivity index (χ1) is 17.7. The SMILES string of the molecule is C#C[C@@]1(O)[C@H](O)[C@@H](COP(=O)(NC(C)(C)C(=O)OC(C)C)Oc2ccccc2)O[C@H]1N1C=CC(=O)NC1=C. The number of carbonyl (C=O) groups excluding carboxylic acids is 2. The van der Waals surface area contributed by atoms with Crippen molar-refractivity contribution in [2.75, 3.05) is 6.61 Å². The number of nitrogens with zero attached hydrogens (tertiary/aromatic N) is 1. The van der Waals surface area contributed by atoms with Crippen LogP contribution in [0.15, 0.2) is 55.0 Å². The predicted molar refractivity (Wildman–Crippen MR) is 136 cm³/mol. The Hall–Kier alpha value is -3.17. The first-order valence-corrected chi connectivity index (χ1v) is 13.2. The Morgan fingerprint density at radius 1 is 1.39 bits per heavy atom. The summed E-state index contributed by atoms with van der Waals surface area (Å²) in [5, 5.41) is 27.0. The van der Waals surface area contributed by atoms with E-state index in [4.69, 9.17) is 24.9 Å². The van der Waals surface area contributed by atoms with Crippen molar-refractivity contribution in [2.45, 2.75) is 63.4 Å². The highest BCUT2D eigenvalue weighted by Crippen LogP contribution is 2.47. The van der Waals surface area contributed by atoms with Gasteiger partial charge in [0.15, 0.2) is 11.8 Å². The van der Waals surface area contributed by atoms with Crippen molar-refractivity contribution < 1.29 is 42.9 Å². The number of terminal acetylenes is 1. The van der Waals surface area contributed by atoms with Gasteiger partial charge in [-0.2, -0.15) is 5.09 Å². The molecule has 0 radical (unpaired) electrons. The van der Waals surface area contributed by atoms with Crippen LogP contribution in [0.5, 0.6) is 5.75 Å². The summed E-state index contributed by atoms with van der Waals surface area (Å²) in [6.07, 6.45) is 3.17. The molecule has 2 aliphatic heterocycles. The number of ether oxygens (including phenoxy) is 2. The van der Waals surface area contributed by atoms with Crippen LogP contribution >= 0.6 is 7.75 Å². The molecular weight excluding hydrogens is 517 g/mol. The Morgan fingerprint density at radius 3 is 2.63 bits per heavy atom. The lowest BCUT2D eigenvalue weighted by Crippen LogP contribution is -2.54. The van der Waals surface area contributed by atoms with Crippen LogP contribution in [-0.4, -0.2) is 69.3 Å². The van der Waals surface area contributed by atoms with Crippen molar-refractivity contribution in [1.82, 2.24) is 15.3 Å². The maximum absolute atomic E-state index is 13.9. The summed E-state index contributed by atoms with van der Waals surface area (Å²) < 4.78 is 36.2. The lowest BCUT2D eigenvalue weighted by Gasteiger charge is -2.36. The number of para-hydroxylation sites is 1. The molecule has 2 heterocycles. The summed E-state index contributed by atoms with van der Waals surface area (Å²) in [5.74, 6) is 1.20. The van der Waals surface area contributed by atoms with E-state index in [2.05, 4.69) is 22.9 Å². The van der Waals surface area contributed by atoms with Gasteiger partial charge in [-0.25, -0.2) is 4.57 Å². The summed E-state index contributed by atoms with van der Waals surface area (Å²) >= 11 is 0. The molecule has 206 valence electrons. The van der Waals surface area contributed by atoms with E-state index in [0.29, 0.717) is 0 Å². The molecule has 13 heteroatoms. The molecule has 1 amide bonds. The fraction of sp³-hybridized carbons (Fsp3) is 0.440. The smallest absolute Gasteiger partial charge is 0.459 e. The van der Waals surface area contributed by atoms with Crippen LogP contribution in [0, 0.1) is 12.3 Å². The van der Waals surface area contributed by atoms with Crippen LogP contribution < -0.4 is 14.9 Å². The van der Waals surface area contributed by atoms with Crippen molar-refractivity contribution in [3.05, 3.63) is 55.0 Å². The summed E-state index contributed by atoms with van der Waals surface area (Å²) in [4.78, 5) is 25.5. The number of carbonyl (C=O) groups is 2. The van der Waals surface area contributed by atoms with E-state index in [1.165, 1.54) is 37.1 Å². The second-order valence-corrected chi connectivity index (χ2v) is 11.1. The van der Waals surface area contributed by atoms with Crippen LogP contribution in [-0.2, 0) is 28.2 Å². The number of aliphatic hydroxyl groups is 2. The third-order valence-electron chi connectivity index (χ3n) is 5.58. The zero-order valence-electron chi connectivity index (χ0n) is 21.5. The zero-order chi connectivity index (χ0) is 28.3. The zero-order valence-corrected chi connectivity index (χ0v) is 22.4. The van der Waals surface area contributed by atoms with Gasteiger partial charge in [-0.15, -0.1) is 6.42 Å². The number of nitrogens with one attached hydrogen (secondary N) is 2. The van der Waals surface area contributed by atoms with Gasteiger partial charge < -0.3 is 34.4 Å². The lowest BCUT2D eigenvalue weighted by atomic mass is 9.94. The quantitative estimate of drug-likeness (QED) is 0.190. The summed E-state index contributed by atoms with van der Waals surface area (Å²) in [5.41, 5.74) is -3.78. The van der Waals surface area contributed by atoms with E-state index in [0.717, 1.165) is 6.08 Å². The number of aliphatic hydroxyl groups excluding tert-OH is 1. The van der Waals surface area contributed by atoms with Crippen molar-refractivity contribution in [2.24, 2.45) is 0 Å². The number of amides is 1. The Balaban J connectivity index is 1.84. The highest BCUT2D eigenvalue weighted by atomic mass is 31.2. The molecule has 3 rings (SSSR count). The fourth-order valence-corrected chi connectivity index (χ4v) is 5.35. The topological polar surface area (TPSA) is 156 Å². The molecule has 0 bridgehead atoms. The summed E-state index contributed by atoms with van der Waals surface area (Å²) in [6, 6.07) is 8.10. The minimum Gasteiger partial charge on any atom is -0.462 e. The number of rotatable bonds is 10. The number of hydrogen-bond donors (Lipinski definition) is 4. The molecule has 1 aromatic rings. The fourth-order valence-electron chi connectivity index (χ4n) is 3.67. The standard InChI is InChI=1S/C25H32N3O9P/c1-7-25(32)21(30)19(36-22(25)28-14-13-20(29)26-17(28)4)15-34-38(33,37-18-11-9-8-10-12-18)27-24(5,6)23(31)35-16(2)3/h1,8-14,16,19,21-22,30,32H,4,15H2,2-3,5-6H3,(H,26,29)(H,27,33)/t19-,21-,22-,25-,38?/m1/s1. The predicted octanol–water partition coefficient (Wildman–Crippen LogP) is 1.38. The van der Waals surface area contributed by atoms with Crippen molar-refractivity contribution >= 4 is 19.6 Å². The van der Waals surface area contributed by atoms with Gasteiger partial charge in [0.2, 0.25) is 0 Å². The molecule has 1 unspecified atom stereocenters. The maximum Gasteiger partial charge on any atom is 0.459 e. The van der Waals surface area contributed by atoms with Crippen LogP contribution in [0.4, 0.5) is 0 Å². The van der Waals surface area contributed by atoms with Crippen LogP contribution in [0.25, 0.3) is 0 Å². The molecule has 0 aliphatic carbocycles. The van der Waals surface area contributed by atoms with Crippen molar-refractivity contribution in [3.8, 4) is 18.1 Å². The van der Waals surface area contributed by atoms with Crippen LogP contribution in [0.1, 0.15) is 27.7 Å². The molecule has 1 fully saturated rings.